The van der Waals surface area contributed by atoms with Crippen molar-refractivity contribution >= 4 is 11.8 Å². The number of amides is 2. The second-order valence-electron chi connectivity index (χ2n) is 9.65. The maximum Gasteiger partial charge on any atom is 0.239 e. The van der Waals surface area contributed by atoms with Crippen LogP contribution >= 0.6 is 0 Å². The highest BCUT2D eigenvalue weighted by Crippen LogP contribution is 2.53. The monoisotopic (exact) mass is 422 g/mol. The van der Waals surface area contributed by atoms with Gasteiger partial charge in [-0.3, -0.25) is 9.59 Å². The van der Waals surface area contributed by atoms with E-state index in [1.165, 1.54) is 0 Å². The maximum absolute atomic E-state index is 14.0. The van der Waals surface area contributed by atoms with Gasteiger partial charge < -0.3 is 14.2 Å². The lowest BCUT2D eigenvalue weighted by atomic mass is 9.65. The molecule has 1 spiro atoms. The molecule has 2 saturated heterocycles. The van der Waals surface area contributed by atoms with Crippen LogP contribution in [0.1, 0.15) is 75.0 Å². The van der Waals surface area contributed by atoms with Crippen molar-refractivity contribution in [1.29, 1.82) is 0 Å². The molecule has 4 bridgehead atoms. The highest BCUT2D eigenvalue weighted by molar-refractivity contribution is 6.08. The van der Waals surface area contributed by atoms with Crippen LogP contribution in [-0.2, 0) is 16.0 Å². The lowest BCUT2D eigenvalue weighted by Gasteiger charge is -2.43. The molecule has 5 nitrogen and oxygen atoms in total. The van der Waals surface area contributed by atoms with E-state index in [4.69, 9.17) is 4.42 Å². The molecule has 0 aromatic carbocycles. The quantitative estimate of drug-likeness (QED) is 0.454. The van der Waals surface area contributed by atoms with Crippen LogP contribution in [0.15, 0.2) is 41.1 Å². The zero-order valence-corrected chi connectivity index (χ0v) is 18.4. The van der Waals surface area contributed by atoms with E-state index in [0.717, 1.165) is 88.7 Å². The average Bonchev–Trinajstić information content (AvgIpc) is 3.30. The van der Waals surface area contributed by atoms with Crippen molar-refractivity contribution in [2.75, 3.05) is 19.6 Å². The SMILES string of the molecule is O=C1N2CCCC/C=C\CCc3cc(co3)[C@H](CC2)[C@]12C[C@@H]1/C=C\CCCCN1C2=O. The molecule has 0 saturated carbocycles. The molecule has 5 aliphatic heterocycles. The Balaban J connectivity index is 1.55. The fraction of sp³-hybridized carbons (Fsp3) is 0.615. The number of rotatable bonds is 0. The largest absolute Gasteiger partial charge is 0.469 e. The second-order valence-corrected chi connectivity index (χ2v) is 9.65. The Morgan fingerprint density at radius 1 is 0.903 bits per heavy atom. The molecule has 0 radical (unpaired) electrons. The summed E-state index contributed by atoms with van der Waals surface area (Å²) in [5.41, 5.74) is 0.0617. The Labute approximate surface area is 185 Å². The third kappa shape index (κ3) is 3.66. The summed E-state index contributed by atoms with van der Waals surface area (Å²) >= 11 is 0. The summed E-state index contributed by atoms with van der Waals surface area (Å²) in [4.78, 5) is 32.0. The van der Waals surface area contributed by atoms with Crippen molar-refractivity contribution in [1.82, 2.24) is 9.80 Å². The standard InChI is InChI=1S/C26H34N2O3/c29-24-26(18-21-11-7-4-6-10-15-28(21)25(26)30)23-13-16-27(24)14-9-5-2-1-3-8-12-22-17-20(23)19-31-22/h1,3,7,11,17,19,21,23H,2,4-6,8-10,12-16,18H2/b3-1-,11-7-/t21-,23-,26+/m0/s1. The molecule has 2 fully saturated rings. The van der Waals surface area contributed by atoms with Crippen molar-refractivity contribution in [2.45, 2.75) is 76.2 Å². The molecule has 3 atom stereocenters. The Kier molecular flexibility index (Phi) is 5.77. The molecule has 0 aliphatic carbocycles. The Hall–Kier alpha value is -2.30. The predicted molar refractivity (Wildman–Crippen MR) is 120 cm³/mol. The summed E-state index contributed by atoms with van der Waals surface area (Å²) in [6.07, 6.45) is 20.2. The number of allylic oxidation sites excluding steroid dienone is 3. The minimum atomic E-state index is -0.975. The van der Waals surface area contributed by atoms with Gasteiger partial charge in [0.05, 0.1) is 12.3 Å². The average molecular weight is 423 g/mol. The fourth-order valence-corrected chi connectivity index (χ4v) is 6.11. The Morgan fingerprint density at radius 2 is 1.71 bits per heavy atom. The van der Waals surface area contributed by atoms with Crippen molar-refractivity contribution in [3.8, 4) is 0 Å². The van der Waals surface area contributed by atoms with Gasteiger partial charge in [0, 0.05) is 32.0 Å². The van der Waals surface area contributed by atoms with Crippen molar-refractivity contribution in [3.63, 3.8) is 0 Å². The van der Waals surface area contributed by atoms with Gasteiger partial charge in [-0.15, -0.1) is 0 Å². The van der Waals surface area contributed by atoms with Crippen molar-refractivity contribution < 1.29 is 14.0 Å². The summed E-state index contributed by atoms with van der Waals surface area (Å²) in [6.45, 7) is 2.25. The first-order valence-corrected chi connectivity index (χ1v) is 12.2. The molecule has 1 aromatic rings. The normalized spacial score (nSPS) is 34.1. The number of piperidine rings is 1. The van der Waals surface area contributed by atoms with E-state index in [1.54, 1.807) is 0 Å². The summed E-state index contributed by atoms with van der Waals surface area (Å²) in [5.74, 6) is 0.972. The molecule has 31 heavy (non-hydrogen) atoms. The van der Waals surface area contributed by atoms with Crippen LogP contribution in [0.2, 0.25) is 0 Å². The van der Waals surface area contributed by atoms with E-state index in [1.807, 2.05) is 16.1 Å². The van der Waals surface area contributed by atoms with E-state index in [9.17, 15) is 9.59 Å². The molecule has 0 N–H and O–H groups in total. The molecular formula is C26H34N2O3. The molecule has 5 aliphatic rings. The third-order valence-corrected chi connectivity index (χ3v) is 7.75. The molecule has 6 heterocycles. The molecule has 5 heteroatoms. The van der Waals surface area contributed by atoms with Gasteiger partial charge in [0.25, 0.3) is 0 Å². The first-order chi connectivity index (χ1) is 15.2. The highest BCUT2D eigenvalue weighted by Gasteiger charge is 2.63. The van der Waals surface area contributed by atoms with Gasteiger partial charge >= 0.3 is 0 Å². The van der Waals surface area contributed by atoms with Gasteiger partial charge in [0.1, 0.15) is 11.2 Å². The summed E-state index contributed by atoms with van der Waals surface area (Å²) < 4.78 is 5.90. The maximum atomic E-state index is 14.0. The molecule has 2 amide bonds. The Bertz CT molecular complexity index is 885. The fourth-order valence-electron chi connectivity index (χ4n) is 6.11. The van der Waals surface area contributed by atoms with Crippen LogP contribution in [0.25, 0.3) is 0 Å². The number of aryl methyl sites for hydroxylation is 1. The van der Waals surface area contributed by atoms with Crippen LogP contribution < -0.4 is 0 Å². The third-order valence-electron chi connectivity index (χ3n) is 7.75. The molecule has 166 valence electrons. The molecule has 1 aromatic heterocycles. The summed E-state index contributed by atoms with van der Waals surface area (Å²) in [5, 5.41) is 0. The highest BCUT2D eigenvalue weighted by atomic mass is 16.3. The van der Waals surface area contributed by atoms with Crippen LogP contribution in [0.4, 0.5) is 0 Å². The van der Waals surface area contributed by atoms with E-state index in [0.29, 0.717) is 6.42 Å². The number of fused-ring (bicyclic) bond motifs is 8. The van der Waals surface area contributed by atoms with E-state index < -0.39 is 5.41 Å². The van der Waals surface area contributed by atoms with E-state index in [2.05, 4.69) is 30.4 Å². The summed E-state index contributed by atoms with van der Waals surface area (Å²) in [7, 11) is 0. The number of nitrogens with zero attached hydrogens (tertiary/aromatic N) is 2. The first kappa shape index (κ1) is 20.6. The number of carbonyl (C=O) groups is 2. The minimum Gasteiger partial charge on any atom is -0.469 e. The van der Waals surface area contributed by atoms with E-state index >= 15 is 0 Å². The first-order valence-electron chi connectivity index (χ1n) is 12.2. The van der Waals surface area contributed by atoms with Gasteiger partial charge in [0.15, 0.2) is 0 Å². The number of carbonyl (C=O) groups excluding carboxylic acids is 2. The summed E-state index contributed by atoms with van der Waals surface area (Å²) in [6, 6.07) is 2.15. The Morgan fingerprint density at radius 3 is 2.61 bits per heavy atom. The lowest BCUT2D eigenvalue weighted by molar-refractivity contribution is -0.157. The number of hydrogen-bond acceptors (Lipinski definition) is 3. The van der Waals surface area contributed by atoms with E-state index in [-0.39, 0.29) is 23.8 Å². The van der Waals surface area contributed by atoms with Gasteiger partial charge in [0.2, 0.25) is 11.8 Å². The number of hydrogen-bond donors (Lipinski definition) is 0. The molecular weight excluding hydrogens is 388 g/mol. The van der Waals surface area contributed by atoms with Gasteiger partial charge in [-0.25, -0.2) is 0 Å². The zero-order chi connectivity index (χ0) is 21.3. The van der Waals surface area contributed by atoms with Crippen LogP contribution in [-0.4, -0.2) is 47.3 Å². The van der Waals surface area contributed by atoms with Gasteiger partial charge in [-0.05, 0) is 69.4 Å². The number of furan rings is 1. The topological polar surface area (TPSA) is 53.8 Å². The van der Waals surface area contributed by atoms with Gasteiger partial charge in [-0.2, -0.15) is 0 Å². The van der Waals surface area contributed by atoms with Crippen molar-refractivity contribution in [3.05, 3.63) is 48.0 Å². The van der Waals surface area contributed by atoms with Gasteiger partial charge in [-0.1, -0.05) is 24.3 Å². The van der Waals surface area contributed by atoms with Crippen LogP contribution in [0, 0.1) is 5.41 Å². The van der Waals surface area contributed by atoms with Crippen LogP contribution in [0.5, 0.6) is 0 Å². The lowest BCUT2D eigenvalue weighted by Crippen LogP contribution is -2.56. The molecule has 0 unspecified atom stereocenters. The molecule has 6 rings (SSSR count). The van der Waals surface area contributed by atoms with Crippen molar-refractivity contribution in [2.24, 2.45) is 5.41 Å². The smallest absolute Gasteiger partial charge is 0.239 e. The zero-order valence-electron chi connectivity index (χ0n) is 18.4. The van der Waals surface area contributed by atoms with Crippen LogP contribution in [0.3, 0.4) is 0 Å². The minimum absolute atomic E-state index is 0.0388. The predicted octanol–water partition coefficient (Wildman–Crippen LogP) is 4.60. The second kappa shape index (κ2) is 8.68.